The summed E-state index contributed by atoms with van der Waals surface area (Å²) in [6, 6.07) is 10.3. The lowest BCUT2D eigenvalue weighted by atomic mass is 10.0. The third kappa shape index (κ3) is 5.50. The number of carbonyl (C=O) groups is 2. The molecule has 0 radical (unpaired) electrons. The molecule has 0 fully saturated rings. The van der Waals surface area contributed by atoms with Gasteiger partial charge in [0.25, 0.3) is 5.91 Å². The molecule has 0 aromatic heterocycles. The van der Waals surface area contributed by atoms with E-state index in [9.17, 15) is 14.0 Å². The van der Waals surface area contributed by atoms with Crippen molar-refractivity contribution < 1.29 is 18.7 Å². The molecule has 0 saturated carbocycles. The molecular weight excluding hydrogens is 323 g/mol. The number of halogens is 1. The molecule has 2 aromatic carbocycles. The molecule has 2 aromatic rings. The zero-order valence-electron chi connectivity index (χ0n) is 13.9. The van der Waals surface area contributed by atoms with Crippen LogP contribution in [-0.2, 0) is 9.53 Å². The molecule has 0 unspecified atom stereocenters. The molecule has 0 atom stereocenters. The number of carbonyl (C=O) groups excluding carboxylic acids is 2. The summed E-state index contributed by atoms with van der Waals surface area (Å²) in [5.41, 5.74) is 0.773. The Hall–Kier alpha value is -3.07. The number of nitrogens with one attached hydrogen (secondary N) is 2. The van der Waals surface area contributed by atoms with E-state index in [2.05, 4.69) is 22.5 Å². The molecular formula is C19H19FN2O3. The van der Waals surface area contributed by atoms with Crippen LogP contribution in [0.2, 0.25) is 0 Å². The van der Waals surface area contributed by atoms with Crippen LogP contribution in [0.3, 0.4) is 0 Å². The Morgan fingerprint density at radius 1 is 1.16 bits per heavy atom. The quantitative estimate of drug-likeness (QED) is 0.648. The van der Waals surface area contributed by atoms with Crippen molar-refractivity contribution in [1.82, 2.24) is 10.6 Å². The number of unbranched alkanes of at least 4 members (excludes halogenated alkanes) is 1. The zero-order valence-corrected chi connectivity index (χ0v) is 13.9. The van der Waals surface area contributed by atoms with Crippen LogP contribution >= 0.6 is 0 Å². The number of hydrogen-bond acceptors (Lipinski definition) is 3. The van der Waals surface area contributed by atoms with Crippen LogP contribution in [0.5, 0.6) is 0 Å². The maximum Gasteiger partial charge on any atom is 0.407 e. The van der Waals surface area contributed by atoms with E-state index in [1.165, 1.54) is 13.1 Å². The third-order valence-corrected chi connectivity index (χ3v) is 3.46. The van der Waals surface area contributed by atoms with Crippen molar-refractivity contribution >= 4 is 22.8 Å². The Morgan fingerprint density at radius 3 is 2.68 bits per heavy atom. The van der Waals surface area contributed by atoms with E-state index in [0.29, 0.717) is 24.8 Å². The highest BCUT2D eigenvalue weighted by molar-refractivity contribution is 5.88. The molecule has 0 spiro atoms. The summed E-state index contributed by atoms with van der Waals surface area (Å²) in [6.07, 6.45) is 0.573. The fourth-order valence-corrected chi connectivity index (χ4v) is 2.15. The summed E-state index contributed by atoms with van der Waals surface area (Å²) in [7, 11) is 1.46. The molecule has 0 bridgehead atoms. The zero-order chi connectivity index (χ0) is 18.1. The number of amides is 2. The van der Waals surface area contributed by atoms with Crippen molar-refractivity contribution in [2.24, 2.45) is 0 Å². The van der Waals surface area contributed by atoms with E-state index < -0.39 is 6.09 Å². The second-order valence-corrected chi connectivity index (χ2v) is 5.22. The van der Waals surface area contributed by atoms with Crippen LogP contribution in [-0.4, -0.2) is 32.2 Å². The largest absolute Gasteiger partial charge is 0.439 e. The maximum atomic E-state index is 13.7. The van der Waals surface area contributed by atoms with Gasteiger partial charge in [-0.2, -0.15) is 0 Å². The standard InChI is InChI=1S/C19H19FN2O3/c1-21-18(23)13-25-19(24)22-12-6-2-3-7-14-10-11-17(20)16-9-5-4-8-15(14)16/h4-5,8-11H,2,6,12-13H2,1H3,(H,21,23)(H,22,24). The van der Waals surface area contributed by atoms with Crippen LogP contribution in [0.15, 0.2) is 36.4 Å². The summed E-state index contributed by atoms with van der Waals surface area (Å²) in [6.45, 7) is 0.0885. The van der Waals surface area contributed by atoms with Crippen LogP contribution in [0.25, 0.3) is 10.8 Å². The summed E-state index contributed by atoms with van der Waals surface area (Å²) in [4.78, 5) is 22.2. The number of fused-ring (bicyclic) bond motifs is 1. The normalized spacial score (nSPS) is 9.84. The van der Waals surface area contributed by atoms with Gasteiger partial charge in [0.15, 0.2) is 6.61 Å². The van der Waals surface area contributed by atoms with Crippen molar-refractivity contribution in [1.29, 1.82) is 0 Å². The van der Waals surface area contributed by atoms with E-state index >= 15 is 0 Å². The van der Waals surface area contributed by atoms with E-state index in [0.717, 1.165) is 10.9 Å². The predicted octanol–water partition coefficient (Wildman–Crippen LogP) is 2.58. The van der Waals surface area contributed by atoms with Gasteiger partial charge in [-0.25, -0.2) is 9.18 Å². The second-order valence-electron chi connectivity index (χ2n) is 5.22. The number of rotatable bonds is 5. The van der Waals surface area contributed by atoms with Gasteiger partial charge in [0, 0.05) is 36.3 Å². The maximum absolute atomic E-state index is 13.7. The fourth-order valence-electron chi connectivity index (χ4n) is 2.15. The van der Waals surface area contributed by atoms with Crippen molar-refractivity contribution in [3.05, 3.63) is 47.8 Å². The van der Waals surface area contributed by atoms with E-state index in [1.807, 2.05) is 12.1 Å². The minimum absolute atomic E-state index is 0.263. The van der Waals surface area contributed by atoms with Crippen molar-refractivity contribution in [3.63, 3.8) is 0 Å². The highest BCUT2D eigenvalue weighted by Gasteiger charge is 2.04. The SMILES string of the molecule is CNC(=O)COC(=O)NCCCC#Cc1ccc(F)c2ccccc12. The van der Waals surface area contributed by atoms with Gasteiger partial charge < -0.3 is 15.4 Å². The molecule has 0 heterocycles. The first-order valence-corrected chi connectivity index (χ1v) is 7.89. The molecule has 130 valence electrons. The highest BCUT2D eigenvalue weighted by Crippen LogP contribution is 2.20. The Labute approximate surface area is 145 Å². The van der Waals surface area contributed by atoms with Gasteiger partial charge in [0.1, 0.15) is 5.82 Å². The third-order valence-electron chi connectivity index (χ3n) is 3.46. The second kappa shape index (κ2) is 9.28. The average Bonchev–Trinajstić information content (AvgIpc) is 2.64. The summed E-state index contributed by atoms with van der Waals surface area (Å²) in [5, 5.41) is 6.22. The van der Waals surface area contributed by atoms with E-state index in [-0.39, 0.29) is 18.3 Å². The van der Waals surface area contributed by atoms with Gasteiger partial charge in [-0.1, -0.05) is 36.1 Å². The molecule has 25 heavy (non-hydrogen) atoms. The van der Waals surface area contributed by atoms with Gasteiger partial charge in [-0.05, 0) is 18.6 Å². The van der Waals surface area contributed by atoms with Crippen molar-refractivity contribution in [3.8, 4) is 11.8 Å². The van der Waals surface area contributed by atoms with Gasteiger partial charge in [0.05, 0.1) is 0 Å². The molecule has 0 aliphatic heterocycles. The van der Waals surface area contributed by atoms with Gasteiger partial charge in [-0.3, -0.25) is 4.79 Å². The van der Waals surface area contributed by atoms with Crippen molar-refractivity contribution in [2.75, 3.05) is 20.2 Å². The molecule has 2 rings (SSSR count). The fraction of sp³-hybridized carbons (Fsp3) is 0.263. The van der Waals surface area contributed by atoms with Crippen LogP contribution in [0.1, 0.15) is 18.4 Å². The summed E-state index contributed by atoms with van der Waals surface area (Å²) in [5.74, 6) is 5.42. The number of ether oxygens (including phenoxy) is 1. The monoisotopic (exact) mass is 342 g/mol. The van der Waals surface area contributed by atoms with E-state index in [4.69, 9.17) is 4.74 Å². The Kier molecular flexibility index (Phi) is 6.78. The van der Waals surface area contributed by atoms with Gasteiger partial charge in [-0.15, -0.1) is 0 Å². The van der Waals surface area contributed by atoms with E-state index in [1.54, 1.807) is 18.2 Å². The predicted molar refractivity (Wildman–Crippen MR) is 93.4 cm³/mol. The van der Waals surface area contributed by atoms with Crippen molar-refractivity contribution in [2.45, 2.75) is 12.8 Å². The minimum Gasteiger partial charge on any atom is -0.439 e. The molecule has 5 nitrogen and oxygen atoms in total. The summed E-state index contributed by atoms with van der Waals surface area (Å²) >= 11 is 0. The molecule has 2 amide bonds. The lowest BCUT2D eigenvalue weighted by molar-refractivity contribution is -0.123. The topological polar surface area (TPSA) is 67.4 Å². The Balaban J connectivity index is 1.79. The number of likely N-dealkylation sites (N-methyl/N-ethyl adjacent to an activating group) is 1. The first-order chi connectivity index (χ1) is 12.1. The highest BCUT2D eigenvalue weighted by atomic mass is 19.1. The average molecular weight is 342 g/mol. The first-order valence-electron chi connectivity index (χ1n) is 7.89. The number of benzene rings is 2. The lowest BCUT2D eigenvalue weighted by Gasteiger charge is -2.05. The lowest BCUT2D eigenvalue weighted by Crippen LogP contribution is -2.30. The first kappa shape index (κ1) is 18.3. The minimum atomic E-state index is -0.638. The van der Waals surface area contributed by atoms with Crippen LogP contribution < -0.4 is 10.6 Å². The number of alkyl carbamates (subject to hydrolysis) is 1. The Morgan fingerprint density at radius 2 is 1.92 bits per heavy atom. The van der Waals surface area contributed by atoms with Gasteiger partial charge >= 0.3 is 6.09 Å². The Bertz CT molecular complexity index is 824. The molecule has 0 aliphatic rings. The molecule has 0 aliphatic carbocycles. The summed E-state index contributed by atoms with van der Waals surface area (Å²) < 4.78 is 18.4. The van der Waals surface area contributed by atoms with Gasteiger partial charge in [0.2, 0.25) is 0 Å². The molecule has 2 N–H and O–H groups in total. The smallest absolute Gasteiger partial charge is 0.407 e. The van der Waals surface area contributed by atoms with Crippen LogP contribution in [0.4, 0.5) is 9.18 Å². The molecule has 6 heteroatoms. The van der Waals surface area contributed by atoms with Crippen LogP contribution in [0, 0.1) is 17.7 Å². The molecule has 0 saturated heterocycles. The number of hydrogen-bond donors (Lipinski definition) is 2.